The maximum Gasteiger partial charge on any atom is 0.251 e. The molecule has 0 saturated heterocycles. The maximum absolute atomic E-state index is 11.9. The summed E-state index contributed by atoms with van der Waals surface area (Å²) >= 11 is 0. The number of imidazole rings is 1. The Labute approximate surface area is 116 Å². The maximum atomic E-state index is 11.9. The Balaban J connectivity index is 1.72. The van der Waals surface area contributed by atoms with Gasteiger partial charge in [0.05, 0.1) is 17.4 Å². The fourth-order valence-corrected chi connectivity index (χ4v) is 2.08. The molecule has 3 aromatic rings. The first kappa shape index (κ1) is 12.3. The predicted molar refractivity (Wildman–Crippen MR) is 76.1 cm³/mol. The summed E-state index contributed by atoms with van der Waals surface area (Å²) in [6.45, 7) is 0.480. The third kappa shape index (κ3) is 2.38. The topological polar surface area (TPSA) is 59.8 Å². The van der Waals surface area contributed by atoms with Gasteiger partial charge >= 0.3 is 0 Å². The molecule has 0 saturated carbocycles. The van der Waals surface area contributed by atoms with Crippen LogP contribution in [0.5, 0.6) is 0 Å². The summed E-state index contributed by atoms with van der Waals surface area (Å²) in [5, 5.41) is 2.89. The van der Waals surface area contributed by atoms with Gasteiger partial charge in [0.1, 0.15) is 0 Å². The molecule has 0 unspecified atom stereocenters. The van der Waals surface area contributed by atoms with Gasteiger partial charge in [-0.3, -0.25) is 9.78 Å². The summed E-state index contributed by atoms with van der Waals surface area (Å²) in [6.07, 6.45) is 4.99. The zero-order valence-corrected chi connectivity index (χ0v) is 11.1. The number of nitrogens with zero attached hydrogens (tertiary/aromatic N) is 3. The van der Waals surface area contributed by atoms with E-state index in [1.54, 1.807) is 30.9 Å². The van der Waals surface area contributed by atoms with Crippen molar-refractivity contribution in [3.05, 3.63) is 60.2 Å². The second-order valence-corrected chi connectivity index (χ2v) is 4.60. The van der Waals surface area contributed by atoms with E-state index in [0.29, 0.717) is 12.1 Å². The minimum Gasteiger partial charge on any atom is -0.348 e. The van der Waals surface area contributed by atoms with Crippen molar-refractivity contribution >= 4 is 16.9 Å². The number of fused-ring (bicyclic) bond motifs is 1. The van der Waals surface area contributed by atoms with Gasteiger partial charge in [0.2, 0.25) is 0 Å². The van der Waals surface area contributed by atoms with Crippen molar-refractivity contribution < 1.29 is 4.79 Å². The molecule has 1 N–H and O–H groups in total. The van der Waals surface area contributed by atoms with E-state index in [4.69, 9.17) is 0 Å². The average molecular weight is 266 g/mol. The van der Waals surface area contributed by atoms with Gasteiger partial charge in [-0.15, -0.1) is 0 Å². The van der Waals surface area contributed by atoms with E-state index in [1.807, 2.05) is 29.8 Å². The van der Waals surface area contributed by atoms with Crippen molar-refractivity contribution in [2.45, 2.75) is 6.54 Å². The number of hydrogen-bond donors (Lipinski definition) is 1. The lowest BCUT2D eigenvalue weighted by atomic mass is 10.2. The summed E-state index contributed by atoms with van der Waals surface area (Å²) < 4.78 is 1.97. The van der Waals surface area contributed by atoms with Crippen LogP contribution in [0.1, 0.15) is 15.9 Å². The van der Waals surface area contributed by atoms with Crippen LogP contribution < -0.4 is 5.32 Å². The second kappa shape index (κ2) is 5.13. The highest BCUT2D eigenvalue weighted by molar-refractivity contribution is 5.93. The molecule has 0 fully saturated rings. The number of carbonyl (C=O) groups excluding carboxylic acids is 1. The molecule has 20 heavy (non-hydrogen) atoms. The highest BCUT2D eigenvalue weighted by Gasteiger charge is 2.05. The summed E-state index contributed by atoms with van der Waals surface area (Å²) in [5.74, 6) is -0.103. The Bertz CT molecular complexity index is 749. The quantitative estimate of drug-likeness (QED) is 0.787. The van der Waals surface area contributed by atoms with Gasteiger partial charge < -0.3 is 9.88 Å². The molecule has 5 heteroatoms. The van der Waals surface area contributed by atoms with Gasteiger partial charge in [0, 0.05) is 31.5 Å². The van der Waals surface area contributed by atoms with Gasteiger partial charge in [0.15, 0.2) is 0 Å². The highest BCUT2D eigenvalue weighted by Crippen LogP contribution is 2.13. The normalized spacial score (nSPS) is 10.7. The lowest BCUT2D eigenvalue weighted by molar-refractivity contribution is 0.0951. The van der Waals surface area contributed by atoms with Gasteiger partial charge in [-0.1, -0.05) is 6.07 Å². The van der Waals surface area contributed by atoms with Crippen LogP contribution in [0.25, 0.3) is 11.0 Å². The van der Waals surface area contributed by atoms with Crippen LogP contribution in [0.2, 0.25) is 0 Å². The molecule has 0 radical (unpaired) electrons. The van der Waals surface area contributed by atoms with E-state index in [-0.39, 0.29) is 5.91 Å². The van der Waals surface area contributed by atoms with Gasteiger partial charge in [-0.25, -0.2) is 4.98 Å². The molecule has 0 aliphatic carbocycles. The number of nitrogens with one attached hydrogen (secondary N) is 1. The third-order valence-corrected chi connectivity index (χ3v) is 3.19. The van der Waals surface area contributed by atoms with Crippen molar-refractivity contribution in [3.63, 3.8) is 0 Å². The van der Waals surface area contributed by atoms with Crippen molar-refractivity contribution in [2.24, 2.45) is 7.05 Å². The fraction of sp³-hybridized carbons (Fsp3) is 0.133. The molecule has 5 nitrogen and oxygen atoms in total. The lowest BCUT2D eigenvalue weighted by Gasteiger charge is -2.05. The van der Waals surface area contributed by atoms with Gasteiger partial charge in [0.25, 0.3) is 5.91 Å². The van der Waals surface area contributed by atoms with E-state index in [1.165, 1.54) is 0 Å². The van der Waals surface area contributed by atoms with Crippen molar-refractivity contribution in [3.8, 4) is 0 Å². The standard InChI is InChI=1S/C15H14N4O/c1-19-10-18-13-8-11(2-3-14(13)19)9-17-15(20)12-4-6-16-7-5-12/h2-8,10H,9H2,1H3,(H,17,20). The summed E-state index contributed by atoms with van der Waals surface area (Å²) in [6, 6.07) is 9.38. The number of hydrogen-bond acceptors (Lipinski definition) is 3. The number of carbonyl (C=O) groups is 1. The molecule has 100 valence electrons. The molecule has 0 spiro atoms. The van der Waals surface area contributed by atoms with Crippen LogP contribution >= 0.6 is 0 Å². The Morgan fingerprint density at radius 3 is 2.85 bits per heavy atom. The number of rotatable bonds is 3. The molecule has 3 rings (SSSR count). The SMILES string of the molecule is Cn1cnc2cc(CNC(=O)c3ccncc3)ccc21. The van der Waals surface area contributed by atoms with Crippen LogP contribution in [0.15, 0.2) is 49.1 Å². The molecule has 2 aromatic heterocycles. The number of aromatic nitrogens is 3. The summed E-state index contributed by atoms with van der Waals surface area (Å²) in [4.78, 5) is 20.1. The van der Waals surface area contributed by atoms with Crippen LogP contribution in [0.3, 0.4) is 0 Å². The smallest absolute Gasteiger partial charge is 0.251 e. The monoisotopic (exact) mass is 266 g/mol. The molecule has 0 bridgehead atoms. The average Bonchev–Trinajstić information content (AvgIpc) is 2.87. The van der Waals surface area contributed by atoms with Gasteiger partial charge in [-0.05, 0) is 29.8 Å². The number of pyridine rings is 1. The second-order valence-electron chi connectivity index (χ2n) is 4.60. The van der Waals surface area contributed by atoms with Crippen LogP contribution in [0, 0.1) is 0 Å². The fourth-order valence-electron chi connectivity index (χ4n) is 2.08. The largest absolute Gasteiger partial charge is 0.348 e. The van der Waals surface area contributed by atoms with E-state index >= 15 is 0 Å². The minimum absolute atomic E-state index is 0.103. The third-order valence-electron chi connectivity index (χ3n) is 3.19. The molecule has 1 amide bonds. The molecule has 1 aromatic carbocycles. The Kier molecular flexibility index (Phi) is 3.16. The van der Waals surface area contributed by atoms with Crippen LogP contribution in [-0.2, 0) is 13.6 Å². The molecule has 0 atom stereocenters. The van der Waals surface area contributed by atoms with E-state index in [2.05, 4.69) is 15.3 Å². The molecular formula is C15H14N4O. The zero-order chi connectivity index (χ0) is 13.9. The number of aryl methyl sites for hydroxylation is 1. The predicted octanol–water partition coefficient (Wildman–Crippen LogP) is 1.90. The van der Waals surface area contributed by atoms with E-state index in [9.17, 15) is 4.79 Å². The first-order valence-electron chi connectivity index (χ1n) is 6.32. The van der Waals surface area contributed by atoms with Crippen molar-refractivity contribution in [2.75, 3.05) is 0 Å². The van der Waals surface area contributed by atoms with E-state index in [0.717, 1.165) is 16.6 Å². The Hall–Kier alpha value is -2.69. The van der Waals surface area contributed by atoms with Crippen LogP contribution in [0.4, 0.5) is 0 Å². The molecule has 2 heterocycles. The van der Waals surface area contributed by atoms with Crippen molar-refractivity contribution in [1.82, 2.24) is 19.9 Å². The lowest BCUT2D eigenvalue weighted by Crippen LogP contribution is -2.22. The Morgan fingerprint density at radius 1 is 1.25 bits per heavy atom. The molecular weight excluding hydrogens is 252 g/mol. The summed E-state index contributed by atoms with van der Waals surface area (Å²) in [5.41, 5.74) is 3.65. The van der Waals surface area contributed by atoms with Crippen LogP contribution in [-0.4, -0.2) is 20.4 Å². The zero-order valence-electron chi connectivity index (χ0n) is 11.1. The van der Waals surface area contributed by atoms with Gasteiger partial charge in [-0.2, -0.15) is 0 Å². The molecule has 0 aliphatic rings. The number of benzene rings is 1. The summed E-state index contributed by atoms with van der Waals surface area (Å²) in [7, 11) is 1.96. The number of amides is 1. The first-order valence-corrected chi connectivity index (χ1v) is 6.32. The highest BCUT2D eigenvalue weighted by atomic mass is 16.1. The Morgan fingerprint density at radius 2 is 2.05 bits per heavy atom. The minimum atomic E-state index is -0.103. The first-order chi connectivity index (χ1) is 9.74. The molecule has 0 aliphatic heterocycles. The van der Waals surface area contributed by atoms with E-state index < -0.39 is 0 Å². The van der Waals surface area contributed by atoms with Crippen molar-refractivity contribution in [1.29, 1.82) is 0 Å².